The van der Waals surface area contributed by atoms with Crippen molar-refractivity contribution in [1.29, 1.82) is 10.7 Å². The van der Waals surface area contributed by atoms with Crippen molar-refractivity contribution in [2.24, 2.45) is 16.6 Å². The van der Waals surface area contributed by atoms with E-state index < -0.39 is 5.91 Å². The third-order valence-electron chi connectivity index (χ3n) is 8.01. The SMILES string of the molecule is CNC(=O)C(=N)/C(=C\C(N)=NC(=O)C1CC1)Nc1cccc2c1N(C)C(C)c1cc(C(=O)N(C)Cc3cc(C#N)ccn3)ncc1-2. The average Bonchev–Trinajstić information content (AvgIpc) is 3.91. The van der Waals surface area contributed by atoms with Gasteiger partial charge in [-0.3, -0.25) is 29.8 Å². The van der Waals surface area contributed by atoms with Crippen LogP contribution in [0.15, 0.2) is 65.6 Å². The standard InChI is InChI=1S/C33H34N10O3/c1-18-23-13-27(33(46)42(3)17-21-12-19(15-34)10-11-38-21)39-16-24(23)22-6-5-7-25(30(22)43(18)4)40-26(29(36)32(45)37-2)14-28(35)41-31(44)20-8-9-20/h5-7,10-14,16,18,20,36,40H,8-9,17H2,1-4H3,(H,37,45)(H2,35,41,44)/b26-14+,36-29?. The number of nitriles is 1. The Kier molecular flexibility index (Phi) is 8.90. The first kappa shape index (κ1) is 31.5. The summed E-state index contributed by atoms with van der Waals surface area (Å²) in [6.45, 7) is 2.22. The number of rotatable bonds is 9. The molecule has 13 heteroatoms. The highest BCUT2D eigenvalue weighted by Crippen LogP contribution is 2.47. The van der Waals surface area contributed by atoms with Crippen LogP contribution in [0, 0.1) is 22.7 Å². The molecule has 0 bridgehead atoms. The van der Waals surface area contributed by atoms with E-state index in [-0.39, 0.29) is 53.3 Å². The summed E-state index contributed by atoms with van der Waals surface area (Å²) in [4.78, 5) is 54.3. The maximum atomic E-state index is 13.4. The van der Waals surface area contributed by atoms with Gasteiger partial charge in [0, 0.05) is 56.7 Å². The van der Waals surface area contributed by atoms with Crippen LogP contribution in [0.2, 0.25) is 0 Å². The van der Waals surface area contributed by atoms with E-state index in [0.717, 1.165) is 35.2 Å². The Bertz CT molecular complexity index is 1850. The molecule has 3 amide bonds. The average molecular weight is 619 g/mol. The number of nitrogens with two attached hydrogens (primary N) is 1. The topological polar surface area (TPSA) is 194 Å². The minimum atomic E-state index is -0.642. The number of hydrogen-bond donors (Lipinski definition) is 4. The van der Waals surface area contributed by atoms with Crippen LogP contribution in [0.25, 0.3) is 11.1 Å². The lowest BCUT2D eigenvalue weighted by Crippen LogP contribution is -2.32. The van der Waals surface area contributed by atoms with Gasteiger partial charge in [-0.1, -0.05) is 12.1 Å². The number of carbonyl (C=O) groups is 3. The van der Waals surface area contributed by atoms with Crippen LogP contribution in [0.3, 0.4) is 0 Å². The van der Waals surface area contributed by atoms with Crippen molar-refractivity contribution in [1.82, 2.24) is 20.2 Å². The number of nitrogens with one attached hydrogen (secondary N) is 3. The first-order valence-corrected chi connectivity index (χ1v) is 14.7. The Morgan fingerprint density at radius 3 is 2.67 bits per heavy atom. The highest BCUT2D eigenvalue weighted by molar-refractivity contribution is 6.45. The van der Waals surface area contributed by atoms with E-state index >= 15 is 0 Å². The number of benzene rings is 1. The highest BCUT2D eigenvalue weighted by Gasteiger charge is 2.31. The van der Waals surface area contributed by atoms with E-state index in [2.05, 4.69) is 31.7 Å². The first-order chi connectivity index (χ1) is 22.0. The molecule has 5 N–H and O–H groups in total. The van der Waals surface area contributed by atoms with E-state index in [9.17, 15) is 19.6 Å². The Balaban J connectivity index is 1.47. The van der Waals surface area contributed by atoms with Crippen LogP contribution >= 0.6 is 0 Å². The van der Waals surface area contributed by atoms with E-state index in [1.165, 1.54) is 18.0 Å². The smallest absolute Gasteiger partial charge is 0.272 e. The molecule has 0 spiro atoms. The molecular formula is C33H34N10O3. The summed E-state index contributed by atoms with van der Waals surface area (Å²) in [7, 11) is 5.00. The number of aromatic nitrogens is 2. The maximum absolute atomic E-state index is 13.4. The molecule has 3 aromatic rings. The van der Waals surface area contributed by atoms with Gasteiger partial charge in [-0.25, -0.2) is 0 Å². The summed E-state index contributed by atoms with van der Waals surface area (Å²) < 4.78 is 0. The molecular weight excluding hydrogens is 584 g/mol. The highest BCUT2D eigenvalue weighted by atomic mass is 16.2. The van der Waals surface area contributed by atoms with Crippen molar-refractivity contribution >= 4 is 40.6 Å². The Labute approximate surface area is 266 Å². The van der Waals surface area contributed by atoms with Gasteiger partial charge in [0.1, 0.15) is 17.2 Å². The molecule has 3 heterocycles. The molecule has 1 aromatic carbocycles. The molecule has 234 valence electrons. The third kappa shape index (κ3) is 6.46. The lowest BCUT2D eigenvalue weighted by Gasteiger charge is -2.37. The second kappa shape index (κ2) is 13.0. The molecule has 0 radical (unpaired) electrons. The lowest BCUT2D eigenvalue weighted by atomic mass is 9.89. The number of pyridine rings is 2. The van der Waals surface area contributed by atoms with Crippen LogP contribution in [0.1, 0.15) is 53.1 Å². The Morgan fingerprint density at radius 2 is 1.98 bits per heavy atom. The van der Waals surface area contributed by atoms with Gasteiger partial charge in [0.05, 0.1) is 47.0 Å². The third-order valence-corrected chi connectivity index (χ3v) is 8.01. The minimum Gasteiger partial charge on any atom is -0.384 e. The van der Waals surface area contributed by atoms with Crippen LogP contribution in [-0.4, -0.2) is 65.3 Å². The number of anilines is 2. The van der Waals surface area contributed by atoms with E-state index in [1.807, 2.05) is 37.1 Å². The zero-order chi connectivity index (χ0) is 33.1. The number of nitrogens with zero attached hydrogens (tertiary/aromatic N) is 6. The van der Waals surface area contributed by atoms with Crippen molar-refractivity contribution in [3.05, 3.63) is 83.1 Å². The Hall–Kier alpha value is -5.90. The van der Waals surface area contributed by atoms with Crippen LogP contribution in [-0.2, 0) is 16.1 Å². The molecule has 1 saturated carbocycles. The zero-order valence-corrected chi connectivity index (χ0v) is 26.0. The fourth-order valence-corrected chi connectivity index (χ4v) is 5.24. The van der Waals surface area contributed by atoms with Crippen molar-refractivity contribution in [2.45, 2.75) is 32.4 Å². The summed E-state index contributed by atoms with van der Waals surface area (Å²) in [5, 5.41) is 23.3. The quantitative estimate of drug-likeness (QED) is 0.206. The second-order valence-corrected chi connectivity index (χ2v) is 11.2. The van der Waals surface area contributed by atoms with E-state index in [1.54, 1.807) is 37.6 Å². The number of hydrogen-bond acceptors (Lipinski definition) is 9. The van der Waals surface area contributed by atoms with Crippen molar-refractivity contribution in [2.75, 3.05) is 31.4 Å². The van der Waals surface area contributed by atoms with E-state index in [0.29, 0.717) is 16.9 Å². The van der Waals surface area contributed by atoms with Gasteiger partial charge in [0.25, 0.3) is 17.7 Å². The number of amides is 3. The molecule has 1 aliphatic carbocycles. The summed E-state index contributed by atoms with van der Waals surface area (Å²) in [5.41, 5.74) is 11.0. The number of para-hydroxylation sites is 1. The van der Waals surface area contributed by atoms with Crippen molar-refractivity contribution < 1.29 is 14.4 Å². The number of carbonyl (C=O) groups excluding carboxylic acids is 3. The summed E-state index contributed by atoms with van der Waals surface area (Å²) in [5.74, 6) is -1.48. The van der Waals surface area contributed by atoms with Gasteiger partial charge < -0.3 is 26.2 Å². The predicted octanol–water partition coefficient (Wildman–Crippen LogP) is 3.15. The van der Waals surface area contributed by atoms with E-state index in [4.69, 9.17) is 11.1 Å². The Morgan fingerprint density at radius 1 is 1.22 bits per heavy atom. The summed E-state index contributed by atoms with van der Waals surface area (Å²) in [6.07, 6.45) is 6.09. The fourth-order valence-electron chi connectivity index (χ4n) is 5.24. The molecule has 13 nitrogen and oxygen atoms in total. The van der Waals surface area contributed by atoms with Crippen molar-refractivity contribution in [3.8, 4) is 17.2 Å². The lowest BCUT2D eigenvalue weighted by molar-refractivity contribution is -0.119. The predicted molar refractivity (Wildman–Crippen MR) is 174 cm³/mol. The number of amidine groups is 1. The normalized spacial score (nSPS) is 15.6. The number of fused-ring (bicyclic) bond motifs is 3. The van der Waals surface area contributed by atoms with Crippen molar-refractivity contribution in [3.63, 3.8) is 0 Å². The summed E-state index contributed by atoms with van der Waals surface area (Å²) in [6, 6.07) is 12.5. The molecule has 1 atom stereocenters. The van der Waals surface area contributed by atoms with Gasteiger partial charge in [-0.15, -0.1) is 0 Å². The second-order valence-electron chi connectivity index (χ2n) is 11.2. The van der Waals surface area contributed by atoms with Gasteiger partial charge in [0.2, 0.25) is 0 Å². The summed E-state index contributed by atoms with van der Waals surface area (Å²) >= 11 is 0. The maximum Gasteiger partial charge on any atom is 0.272 e. The molecule has 2 aliphatic rings. The van der Waals surface area contributed by atoms with Gasteiger partial charge in [-0.2, -0.15) is 10.3 Å². The molecule has 1 unspecified atom stereocenters. The fraction of sp³-hybridized carbons (Fsp3) is 0.273. The molecule has 46 heavy (non-hydrogen) atoms. The molecule has 5 rings (SSSR count). The van der Waals surface area contributed by atoms with Gasteiger partial charge in [0.15, 0.2) is 0 Å². The largest absolute Gasteiger partial charge is 0.384 e. The molecule has 1 aliphatic heterocycles. The molecule has 0 saturated heterocycles. The minimum absolute atomic E-state index is 0.0707. The van der Waals surface area contributed by atoms with Crippen LogP contribution in [0.4, 0.5) is 11.4 Å². The zero-order valence-electron chi connectivity index (χ0n) is 26.0. The first-order valence-electron chi connectivity index (χ1n) is 14.7. The van der Waals surface area contributed by atoms with Gasteiger partial charge >= 0.3 is 0 Å². The van der Waals surface area contributed by atoms with Gasteiger partial charge in [-0.05, 0) is 49.6 Å². The number of aliphatic imine (C=N–C) groups is 1. The molecule has 1 fully saturated rings. The monoisotopic (exact) mass is 618 g/mol. The molecule has 2 aromatic heterocycles. The van der Waals surface area contributed by atoms with Crippen LogP contribution < -0.4 is 21.3 Å². The van der Waals surface area contributed by atoms with Crippen LogP contribution in [0.5, 0.6) is 0 Å².